The predicted octanol–water partition coefficient (Wildman–Crippen LogP) is 8.00. The summed E-state index contributed by atoms with van der Waals surface area (Å²) in [7, 11) is 0. The maximum Gasteiger partial charge on any atom is 2.00 e. The van der Waals surface area contributed by atoms with Gasteiger partial charge in [0.1, 0.15) is 0 Å². The summed E-state index contributed by atoms with van der Waals surface area (Å²) in [6, 6.07) is 40.8. The van der Waals surface area contributed by atoms with Gasteiger partial charge in [-0.15, -0.1) is 69.1 Å². The third-order valence-electron chi connectivity index (χ3n) is 8.84. The quantitative estimate of drug-likeness (QED) is 0.150. The average Bonchev–Trinajstić information content (AvgIpc) is 3.69. The van der Waals surface area contributed by atoms with Crippen molar-refractivity contribution in [1.82, 2.24) is 0 Å². The molecule has 0 unspecified atom stereocenters. The Morgan fingerprint density at radius 3 is 1.12 bits per heavy atom. The van der Waals surface area contributed by atoms with Gasteiger partial charge in [-0.05, 0) is 45.9 Å². The standard InChI is InChI=1S/2C22H25.C3H6.2ClH.Zr/c2*1-5-7-16-10-12-17(13-11-16)20-9-6-8-18-14-19(15-21(18)20)22(2,3)4;1-3-2;;;/h2*6,8-15H,5,7H2,1-4H3;1-3H2;2*1H;/q2*-1;-2;;;+2/p-2. The topological polar surface area (TPSA) is 0 Å². The minimum atomic E-state index is 0. The molecule has 0 N–H and O–H groups in total. The van der Waals surface area contributed by atoms with Crippen LogP contribution < -0.4 is 24.8 Å². The monoisotopic (exact) mass is 780 g/mol. The second kappa shape index (κ2) is 20.6. The van der Waals surface area contributed by atoms with Crippen LogP contribution in [0, 0.1) is 13.8 Å². The van der Waals surface area contributed by atoms with Crippen LogP contribution in [0.4, 0.5) is 0 Å². The predicted molar refractivity (Wildman–Crippen MR) is 211 cm³/mol. The molecule has 0 saturated carbocycles. The van der Waals surface area contributed by atoms with Crippen LogP contribution in [-0.4, -0.2) is 0 Å². The summed E-state index contributed by atoms with van der Waals surface area (Å²) in [4.78, 5) is 0. The third-order valence-corrected chi connectivity index (χ3v) is 8.84. The summed E-state index contributed by atoms with van der Waals surface area (Å²) in [5, 5.41) is 5.44. The summed E-state index contributed by atoms with van der Waals surface area (Å²) >= 11 is 0. The van der Waals surface area contributed by atoms with E-state index in [-0.39, 0.29) is 61.8 Å². The van der Waals surface area contributed by atoms with Crippen LogP contribution in [-0.2, 0) is 49.9 Å². The zero-order valence-electron chi connectivity index (χ0n) is 31.6. The van der Waals surface area contributed by atoms with E-state index in [0.717, 1.165) is 19.3 Å². The first-order valence-electron chi connectivity index (χ1n) is 17.6. The van der Waals surface area contributed by atoms with Crippen molar-refractivity contribution in [3.8, 4) is 22.3 Å². The molecule has 0 heterocycles. The SMILES string of the molecule is CCCc1ccc(-c2cccc3[cH-]c(C(C)(C)C)cc23)cc1.CCCc1ccc(-c2cccc3[cH-]c(C(C)(C)C)cc23)cc1.[CH2-]C[CH2-].[Cl-].[Cl-].[Zr+2]. The van der Waals surface area contributed by atoms with E-state index >= 15 is 0 Å². The molecule has 0 aliphatic carbocycles. The van der Waals surface area contributed by atoms with Crippen LogP contribution in [0.5, 0.6) is 0 Å². The second-order valence-electron chi connectivity index (χ2n) is 14.9. The number of hydrogen-bond acceptors (Lipinski definition) is 0. The second-order valence-corrected chi connectivity index (χ2v) is 14.9. The van der Waals surface area contributed by atoms with E-state index in [0.29, 0.717) is 0 Å². The molecule has 0 aliphatic heterocycles. The fourth-order valence-electron chi connectivity index (χ4n) is 6.12. The summed E-state index contributed by atoms with van der Waals surface area (Å²) in [5.74, 6) is 0. The van der Waals surface area contributed by atoms with Crippen molar-refractivity contribution in [2.75, 3.05) is 0 Å². The molecule has 6 rings (SSSR count). The maximum atomic E-state index is 3.38. The van der Waals surface area contributed by atoms with Gasteiger partial charge in [0.25, 0.3) is 0 Å². The molecule has 6 aromatic carbocycles. The van der Waals surface area contributed by atoms with Gasteiger partial charge in [0.2, 0.25) is 0 Å². The Morgan fingerprint density at radius 1 is 0.520 bits per heavy atom. The van der Waals surface area contributed by atoms with E-state index in [1.807, 2.05) is 0 Å². The Morgan fingerprint density at radius 2 is 0.840 bits per heavy atom. The van der Waals surface area contributed by atoms with Gasteiger partial charge < -0.3 is 45.1 Å². The number of benzene rings is 4. The molecule has 50 heavy (non-hydrogen) atoms. The van der Waals surface area contributed by atoms with E-state index in [2.05, 4.69) is 178 Å². The molecular formula is C47H56Cl2Zr-4. The number of fused-ring (bicyclic) bond motifs is 2. The van der Waals surface area contributed by atoms with E-state index in [9.17, 15) is 0 Å². The van der Waals surface area contributed by atoms with Crippen LogP contribution in [0.1, 0.15) is 96.9 Å². The number of halogens is 2. The number of hydrogen-bond donors (Lipinski definition) is 0. The van der Waals surface area contributed by atoms with E-state index in [4.69, 9.17) is 0 Å². The fourth-order valence-corrected chi connectivity index (χ4v) is 6.12. The van der Waals surface area contributed by atoms with Crippen LogP contribution in [0.25, 0.3) is 43.8 Å². The first-order valence-corrected chi connectivity index (χ1v) is 17.6. The molecule has 0 radical (unpaired) electrons. The molecule has 0 fully saturated rings. The van der Waals surface area contributed by atoms with E-state index < -0.39 is 0 Å². The van der Waals surface area contributed by atoms with Crippen LogP contribution >= 0.6 is 0 Å². The van der Waals surface area contributed by atoms with Gasteiger partial charge in [-0.3, -0.25) is 0 Å². The molecule has 3 heteroatoms. The average molecular weight is 783 g/mol. The Balaban J connectivity index is 0.000000439. The van der Waals surface area contributed by atoms with Gasteiger partial charge in [0.15, 0.2) is 0 Å². The first-order chi connectivity index (χ1) is 22.4. The Bertz CT molecular complexity index is 1700. The zero-order valence-corrected chi connectivity index (χ0v) is 35.6. The normalized spacial score (nSPS) is 10.9. The van der Waals surface area contributed by atoms with Crippen molar-refractivity contribution in [1.29, 1.82) is 0 Å². The van der Waals surface area contributed by atoms with Crippen molar-refractivity contribution >= 4 is 21.5 Å². The van der Waals surface area contributed by atoms with Gasteiger partial charge in [0.05, 0.1) is 0 Å². The zero-order chi connectivity index (χ0) is 34.2. The Hall–Kier alpha value is -2.44. The Kier molecular flexibility index (Phi) is 18.7. The summed E-state index contributed by atoms with van der Waals surface area (Å²) in [5.41, 5.74) is 11.4. The van der Waals surface area contributed by atoms with Gasteiger partial charge in [0, 0.05) is 0 Å². The molecule has 0 aromatic heterocycles. The Labute approximate surface area is 336 Å². The number of aryl methyl sites for hydroxylation is 2. The van der Waals surface area contributed by atoms with Gasteiger partial charge >= 0.3 is 26.2 Å². The van der Waals surface area contributed by atoms with Gasteiger partial charge in [-0.1, -0.05) is 140 Å². The third kappa shape index (κ3) is 11.8. The van der Waals surface area contributed by atoms with Crippen molar-refractivity contribution in [3.05, 3.63) is 145 Å². The van der Waals surface area contributed by atoms with E-state index in [1.54, 1.807) is 0 Å². The molecular weight excluding hydrogens is 727 g/mol. The molecule has 0 nitrogen and oxygen atoms in total. The van der Waals surface area contributed by atoms with Crippen molar-refractivity contribution in [2.45, 2.75) is 98.3 Å². The van der Waals surface area contributed by atoms with Crippen LogP contribution in [0.15, 0.2) is 109 Å². The van der Waals surface area contributed by atoms with Crippen LogP contribution in [0.3, 0.4) is 0 Å². The first kappa shape index (κ1) is 45.6. The van der Waals surface area contributed by atoms with Gasteiger partial charge in [-0.2, -0.15) is 12.1 Å². The molecule has 0 saturated heterocycles. The smallest absolute Gasteiger partial charge is 1.00 e. The van der Waals surface area contributed by atoms with Crippen molar-refractivity contribution < 1.29 is 51.0 Å². The largest absolute Gasteiger partial charge is 2.00 e. The summed E-state index contributed by atoms with van der Waals surface area (Å²) < 4.78 is 0. The molecule has 0 bridgehead atoms. The molecule has 266 valence electrons. The van der Waals surface area contributed by atoms with Crippen LogP contribution in [0.2, 0.25) is 0 Å². The summed E-state index contributed by atoms with van der Waals surface area (Å²) in [6.07, 6.45) is 5.48. The molecule has 0 spiro atoms. The molecule has 0 amide bonds. The van der Waals surface area contributed by atoms with Crippen molar-refractivity contribution in [3.63, 3.8) is 0 Å². The minimum absolute atomic E-state index is 0. The molecule has 0 atom stereocenters. The van der Waals surface area contributed by atoms with E-state index in [1.165, 1.54) is 78.9 Å². The van der Waals surface area contributed by atoms with Gasteiger partial charge in [-0.25, -0.2) is 0 Å². The number of rotatable bonds is 6. The maximum absolute atomic E-state index is 3.38. The molecule has 0 aliphatic rings. The molecule has 6 aromatic rings. The summed E-state index contributed by atoms with van der Waals surface area (Å²) in [6.45, 7) is 24.9. The minimum Gasteiger partial charge on any atom is -1.00 e. The van der Waals surface area contributed by atoms with Crippen molar-refractivity contribution in [2.24, 2.45) is 0 Å². The fraction of sp³-hybridized carbons (Fsp3) is 0.319.